The minimum absolute atomic E-state index is 0.0121. The van der Waals surface area contributed by atoms with Crippen LogP contribution in [0, 0.1) is 5.41 Å². The molecule has 1 aromatic carbocycles. The number of nitrogens with zero attached hydrogens (tertiary/aromatic N) is 2. The van der Waals surface area contributed by atoms with Crippen molar-refractivity contribution < 1.29 is 9.59 Å². The maximum Gasteiger partial charge on any atom is 0.254 e. The quantitative estimate of drug-likeness (QED) is 0.874. The molecule has 150 valence electrons. The maximum absolute atomic E-state index is 13.5. The molecule has 1 aliphatic carbocycles. The third-order valence-electron chi connectivity index (χ3n) is 7.37. The van der Waals surface area contributed by atoms with E-state index in [4.69, 9.17) is 0 Å². The van der Waals surface area contributed by atoms with Crippen LogP contribution >= 0.6 is 0 Å². The molecular formula is C24H27N3O2. The molecule has 5 nitrogen and oxygen atoms in total. The first-order valence-corrected chi connectivity index (χ1v) is 10.7. The summed E-state index contributed by atoms with van der Waals surface area (Å²) in [6.07, 6.45) is 8.55. The number of rotatable bonds is 4. The Bertz CT molecular complexity index is 919. The summed E-state index contributed by atoms with van der Waals surface area (Å²) in [5, 5.41) is 3.36. The zero-order valence-electron chi connectivity index (χ0n) is 16.8. The summed E-state index contributed by atoms with van der Waals surface area (Å²) < 4.78 is 0. The molecule has 0 saturated carbocycles. The van der Waals surface area contributed by atoms with Crippen molar-refractivity contribution in [2.45, 2.75) is 63.6 Å². The molecule has 1 N–H and O–H groups in total. The predicted octanol–water partition coefficient (Wildman–Crippen LogP) is 3.14. The van der Waals surface area contributed by atoms with Gasteiger partial charge in [0.1, 0.15) is 0 Å². The minimum atomic E-state index is -0.472. The highest BCUT2D eigenvalue weighted by molar-refractivity contribution is 5.96. The maximum atomic E-state index is 13.5. The second-order valence-corrected chi connectivity index (χ2v) is 8.76. The molecule has 2 amide bonds. The fraction of sp³-hybridized carbons (Fsp3) is 0.458. The van der Waals surface area contributed by atoms with Gasteiger partial charge in [0.25, 0.3) is 5.91 Å². The van der Waals surface area contributed by atoms with E-state index in [9.17, 15) is 9.59 Å². The number of aromatic nitrogens is 1. The normalized spacial score (nSPS) is 27.8. The molecular weight excluding hydrogens is 362 g/mol. The van der Waals surface area contributed by atoms with Gasteiger partial charge in [0.15, 0.2) is 0 Å². The average Bonchev–Trinajstić information content (AvgIpc) is 3.44. The van der Waals surface area contributed by atoms with Crippen molar-refractivity contribution in [2.75, 3.05) is 0 Å². The molecule has 3 aliphatic rings. The summed E-state index contributed by atoms with van der Waals surface area (Å²) in [4.78, 5) is 32.8. The van der Waals surface area contributed by atoms with Gasteiger partial charge in [-0.05, 0) is 61.8 Å². The molecule has 5 rings (SSSR count). The summed E-state index contributed by atoms with van der Waals surface area (Å²) >= 11 is 0. The van der Waals surface area contributed by atoms with Crippen LogP contribution in [0.2, 0.25) is 0 Å². The van der Waals surface area contributed by atoms with Crippen molar-refractivity contribution in [1.29, 1.82) is 0 Å². The highest BCUT2D eigenvalue weighted by Gasteiger charge is 2.60. The number of carbonyl (C=O) groups is 2. The molecule has 2 fully saturated rings. The van der Waals surface area contributed by atoms with E-state index < -0.39 is 5.41 Å². The van der Waals surface area contributed by atoms with Gasteiger partial charge < -0.3 is 10.2 Å². The van der Waals surface area contributed by atoms with E-state index in [-0.39, 0.29) is 29.9 Å². The molecule has 0 unspecified atom stereocenters. The van der Waals surface area contributed by atoms with Crippen LogP contribution in [-0.4, -0.2) is 39.8 Å². The lowest BCUT2D eigenvalue weighted by molar-refractivity contribution is -0.133. The summed E-state index contributed by atoms with van der Waals surface area (Å²) in [5.41, 5.74) is 2.87. The van der Waals surface area contributed by atoms with E-state index in [0.29, 0.717) is 5.56 Å². The Hall–Kier alpha value is -2.69. The number of pyridine rings is 1. The molecule has 0 spiro atoms. The van der Waals surface area contributed by atoms with Crippen LogP contribution in [0.3, 0.4) is 0 Å². The Morgan fingerprint density at radius 3 is 2.45 bits per heavy atom. The van der Waals surface area contributed by atoms with Gasteiger partial charge in [-0.2, -0.15) is 0 Å². The largest absolute Gasteiger partial charge is 0.352 e. The lowest BCUT2D eigenvalue weighted by Gasteiger charge is -2.36. The number of benzene rings is 1. The van der Waals surface area contributed by atoms with E-state index in [0.717, 1.165) is 38.5 Å². The molecule has 0 radical (unpaired) electrons. The smallest absolute Gasteiger partial charge is 0.254 e. The van der Waals surface area contributed by atoms with Gasteiger partial charge >= 0.3 is 0 Å². The van der Waals surface area contributed by atoms with Gasteiger partial charge in [0, 0.05) is 36.1 Å². The zero-order valence-corrected chi connectivity index (χ0v) is 16.8. The summed E-state index contributed by atoms with van der Waals surface area (Å²) in [6.45, 7) is 2.10. The Morgan fingerprint density at radius 2 is 1.79 bits per heavy atom. The highest BCUT2D eigenvalue weighted by atomic mass is 16.2. The first-order chi connectivity index (χ1) is 14.1. The van der Waals surface area contributed by atoms with E-state index in [1.165, 1.54) is 11.1 Å². The molecule has 3 heterocycles. The molecule has 2 saturated heterocycles. The Labute approximate surface area is 171 Å². The highest BCUT2D eigenvalue weighted by Crippen LogP contribution is 2.52. The second kappa shape index (κ2) is 6.97. The van der Waals surface area contributed by atoms with E-state index in [2.05, 4.69) is 41.5 Å². The van der Waals surface area contributed by atoms with Crippen LogP contribution < -0.4 is 5.32 Å². The van der Waals surface area contributed by atoms with Crippen LogP contribution in [0.15, 0.2) is 48.8 Å². The first-order valence-electron chi connectivity index (χ1n) is 10.7. The Kier molecular flexibility index (Phi) is 4.41. The molecule has 3 atom stereocenters. The van der Waals surface area contributed by atoms with Gasteiger partial charge in [-0.15, -0.1) is 0 Å². The average molecular weight is 389 g/mol. The van der Waals surface area contributed by atoms with Crippen LogP contribution in [0.5, 0.6) is 0 Å². The van der Waals surface area contributed by atoms with Crippen molar-refractivity contribution in [2.24, 2.45) is 5.41 Å². The summed E-state index contributed by atoms with van der Waals surface area (Å²) in [7, 11) is 0. The van der Waals surface area contributed by atoms with Gasteiger partial charge in [-0.1, -0.05) is 31.2 Å². The monoisotopic (exact) mass is 389 g/mol. The second-order valence-electron chi connectivity index (χ2n) is 8.76. The molecule has 29 heavy (non-hydrogen) atoms. The fourth-order valence-electron chi connectivity index (χ4n) is 5.91. The first kappa shape index (κ1) is 18.3. The predicted molar refractivity (Wildman–Crippen MR) is 110 cm³/mol. The number of amides is 2. The lowest BCUT2D eigenvalue weighted by Crippen LogP contribution is -2.52. The molecule has 5 heteroatoms. The third-order valence-corrected chi connectivity index (χ3v) is 7.37. The van der Waals surface area contributed by atoms with Gasteiger partial charge in [-0.3, -0.25) is 14.6 Å². The van der Waals surface area contributed by atoms with Gasteiger partial charge in [0.2, 0.25) is 5.91 Å². The van der Waals surface area contributed by atoms with Crippen molar-refractivity contribution in [3.8, 4) is 0 Å². The number of nitrogens with one attached hydrogen (secondary N) is 1. The third kappa shape index (κ3) is 2.86. The Balaban J connectivity index is 1.35. The van der Waals surface area contributed by atoms with E-state index in [1.807, 2.05) is 4.90 Å². The van der Waals surface area contributed by atoms with Gasteiger partial charge in [-0.25, -0.2) is 0 Å². The van der Waals surface area contributed by atoms with Crippen molar-refractivity contribution in [3.05, 3.63) is 65.5 Å². The summed E-state index contributed by atoms with van der Waals surface area (Å²) in [5.74, 6) is 0.175. The van der Waals surface area contributed by atoms with Crippen LogP contribution in [0.4, 0.5) is 0 Å². The van der Waals surface area contributed by atoms with Crippen LogP contribution in [-0.2, 0) is 17.6 Å². The standard InChI is InChI=1S/C24H27N3O2/c1-2-24(23(29)26-19-13-17-5-3-4-6-18(17)14-19)15-20-7-8-21(24)27(20)22(28)16-9-11-25-12-10-16/h3-6,9-12,19-21H,2,7-8,13-15H2,1H3,(H,26,29)/t20-,21+,24+/m0/s1. The van der Waals surface area contributed by atoms with Gasteiger partial charge in [0.05, 0.1) is 5.41 Å². The van der Waals surface area contributed by atoms with E-state index >= 15 is 0 Å². The molecule has 2 bridgehead atoms. The minimum Gasteiger partial charge on any atom is -0.352 e. The number of hydrogen-bond donors (Lipinski definition) is 1. The number of carbonyl (C=O) groups excluding carboxylic acids is 2. The number of hydrogen-bond acceptors (Lipinski definition) is 3. The fourth-order valence-corrected chi connectivity index (χ4v) is 5.91. The zero-order chi connectivity index (χ0) is 20.0. The van der Waals surface area contributed by atoms with Crippen molar-refractivity contribution in [1.82, 2.24) is 15.2 Å². The summed E-state index contributed by atoms with van der Waals surface area (Å²) in [6, 6.07) is 12.3. The van der Waals surface area contributed by atoms with E-state index in [1.54, 1.807) is 24.5 Å². The van der Waals surface area contributed by atoms with Crippen LogP contribution in [0.25, 0.3) is 0 Å². The SMILES string of the molecule is CC[C@@]1(C(=O)NC2Cc3ccccc3C2)C[C@@H]2CC[C@H]1N2C(=O)c1ccncc1. The van der Waals surface area contributed by atoms with Crippen molar-refractivity contribution >= 4 is 11.8 Å². The van der Waals surface area contributed by atoms with Crippen molar-refractivity contribution in [3.63, 3.8) is 0 Å². The number of fused-ring (bicyclic) bond motifs is 3. The topological polar surface area (TPSA) is 62.3 Å². The molecule has 1 aromatic heterocycles. The molecule has 2 aliphatic heterocycles. The molecule has 2 aromatic rings. The Morgan fingerprint density at radius 1 is 1.10 bits per heavy atom. The lowest BCUT2D eigenvalue weighted by atomic mass is 9.71. The van der Waals surface area contributed by atoms with Crippen LogP contribution in [0.1, 0.15) is 54.1 Å².